The van der Waals surface area contributed by atoms with Gasteiger partial charge in [0.15, 0.2) is 0 Å². The van der Waals surface area contributed by atoms with Crippen molar-refractivity contribution in [3.05, 3.63) is 51.7 Å². The van der Waals surface area contributed by atoms with Gasteiger partial charge in [0, 0.05) is 26.9 Å². The fraction of sp³-hybridized carbons (Fsp3) is 0.133. The zero-order valence-corrected chi connectivity index (χ0v) is 12.4. The number of benzene rings is 1. The van der Waals surface area contributed by atoms with E-state index >= 15 is 0 Å². The van der Waals surface area contributed by atoms with Crippen molar-refractivity contribution in [2.75, 3.05) is 0 Å². The van der Waals surface area contributed by atoms with Gasteiger partial charge in [-0.3, -0.25) is 0 Å². The van der Waals surface area contributed by atoms with Gasteiger partial charge in [0.25, 0.3) is 0 Å². The summed E-state index contributed by atoms with van der Waals surface area (Å²) in [5, 5.41) is 1.09. The first-order valence-electron chi connectivity index (χ1n) is 6.13. The average molecular weight is 332 g/mol. The van der Waals surface area contributed by atoms with Crippen LogP contribution in [0, 0.1) is 0 Å². The molecule has 0 atom stereocenters. The van der Waals surface area contributed by atoms with Gasteiger partial charge in [-0.15, -0.1) is 11.3 Å². The van der Waals surface area contributed by atoms with Gasteiger partial charge in [-0.1, -0.05) is 28.1 Å². The Kier molecular flexibility index (Phi) is 2.60. The second-order valence-corrected chi connectivity index (χ2v) is 6.55. The molecule has 1 aromatic carbocycles. The van der Waals surface area contributed by atoms with Crippen LogP contribution in [0.4, 0.5) is 0 Å². The molecule has 0 amide bonds. The second-order valence-electron chi connectivity index (χ2n) is 4.56. The molecule has 0 saturated carbocycles. The molecule has 4 rings (SSSR count). The third kappa shape index (κ3) is 1.86. The second kappa shape index (κ2) is 4.32. The van der Waals surface area contributed by atoms with Crippen molar-refractivity contribution in [3.8, 4) is 21.8 Å². The fourth-order valence-corrected chi connectivity index (χ4v) is 3.76. The van der Waals surface area contributed by atoms with E-state index < -0.39 is 0 Å². The smallest absolute Gasteiger partial charge is 0.124 e. The summed E-state index contributed by atoms with van der Waals surface area (Å²) in [6.07, 6.45) is 3.78. The molecule has 3 aromatic rings. The van der Waals surface area contributed by atoms with E-state index in [0.29, 0.717) is 0 Å². The Balaban J connectivity index is 1.84. The van der Waals surface area contributed by atoms with Gasteiger partial charge in [0.2, 0.25) is 0 Å². The van der Waals surface area contributed by atoms with E-state index in [1.54, 1.807) is 17.6 Å². The topological polar surface area (TPSA) is 26.0 Å². The molecule has 0 N–H and O–H groups in total. The van der Waals surface area contributed by atoms with Crippen molar-refractivity contribution in [3.63, 3.8) is 0 Å². The number of halogens is 1. The summed E-state index contributed by atoms with van der Waals surface area (Å²) in [7, 11) is 0. The standard InChI is InChI=1S/C15H10BrNOS/c16-10-3-1-9(2-4-10)15-17-14-11-7-8-18-12(11)5-6-13(14)19-15/h1-4,7-8H,5-6H2. The molecular formula is C15H10BrNOS. The highest BCUT2D eigenvalue weighted by molar-refractivity contribution is 9.10. The molecule has 1 aliphatic rings. The van der Waals surface area contributed by atoms with E-state index in [9.17, 15) is 0 Å². The minimum absolute atomic E-state index is 0.983. The Bertz CT molecular complexity index is 742. The van der Waals surface area contributed by atoms with Gasteiger partial charge >= 0.3 is 0 Å². The number of aryl methyl sites for hydroxylation is 2. The molecular weight excluding hydrogens is 322 g/mol. The van der Waals surface area contributed by atoms with Crippen LogP contribution in [0.25, 0.3) is 21.8 Å². The molecule has 2 heterocycles. The average Bonchev–Trinajstić information content (AvgIpc) is 3.04. The summed E-state index contributed by atoms with van der Waals surface area (Å²) in [6.45, 7) is 0. The van der Waals surface area contributed by atoms with Crippen molar-refractivity contribution >= 4 is 27.3 Å². The normalized spacial score (nSPS) is 13.1. The quantitative estimate of drug-likeness (QED) is 0.631. The lowest BCUT2D eigenvalue weighted by molar-refractivity contribution is 0.508. The molecule has 0 aliphatic heterocycles. The van der Waals surface area contributed by atoms with Crippen LogP contribution in [0.2, 0.25) is 0 Å². The Morgan fingerprint density at radius 3 is 2.79 bits per heavy atom. The van der Waals surface area contributed by atoms with E-state index in [1.807, 2.05) is 6.07 Å². The van der Waals surface area contributed by atoms with E-state index in [2.05, 4.69) is 40.2 Å². The molecule has 0 unspecified atom stereocenters. The lowest BCUT2D eigenvalue weighted by atomic mass is 10.0. The molecule has 2 nitrogen and oxygen atoms in total. The summed E-state index contributed by atoms with van der Waals surface area (Å²) in [4.78, 5) is 6.17. The first kappa shape index (κ1) is 11.4. The Hall–Kier alpha value is -1.39. The van der Waals surface area contributed by atoms with Gasteiger partial charge in [0.05, 0.1) is 12.0 Å². The van der Waals surface area contributed by atoms with Crippen LogP contribution in [-0.4, -0.2) is 4.98 Å². The lowest BCUT2D eigenvalue weighted by Gasteiger charge is -2.07. The van der Waals surface area contributed by atoms with Gasteiger partial charge in [-0.05, 0) is 24.6 Å². The predicted molar refractivity (Wildman–Crippen MR) is 80.4 cm³/mol. The van der Waals surface area contributed by atoms with E-state index in [0.717, 1.165) is 33.8 Å². The van der Waals surface area contributed by atoms with E-state index in [4.69, 9.17) is 9.40 Å². The summed E-state index contributed by atoms with van der Waals surface area (Å²) < 4.78 is 6.59. The lowest BCUT2D eigenvalue weighted by Crippen LogP contribution is -1.98. The number of nitrogens with zero attached hydrogens (tertiary/aromatic N) is 1. The van der Waals surface area contributed by atoms with Crippen molar-refractivity contribution in [1.82, 2.24) is 4.98 Å². The number of hydrogen-bond acceptors (Lipinski definition) is 3. The van der Waals surface area contributed by atoms with Crippen LogP contribution in [-0.2, 0) is 12.8 Å². The maximum atomic E-state index is 5.50. The third-order valence-corrected chi connectivity index (χ3v) is 5.06. The monoisotopic (exact) mass is 331 g/mol. The highest BCUT2D eigenvalue weighted by Gasteiger charge is 2.23. The molecule has 0 radical (unpaired) electrons. The molecule has 2 aromatic heterocycles. The van der Waals surface area contributed by atoms with Crippen molar-refractivity contribution < 1.29 is 4.42 Å². The zero-order valence-electron chi connectivity index (χ0n) is 10.0. The molecule has 94 valence electrons. The van der Waals surface area contributed by atoms with E-state index in [1.165, 1.54) is 16.0 Å². The zero-order chi connectivity index (χ0) is 12.8. The minimum Gasteiger partial charge on any atom is -0.469 e. The molecule has 0 saturated heterocycles. The summed E-state index contributed by atoms with van der Waals surface area (Å²) >= 11 is 5.25. The van der Waals surface area contributed by atoms with Crippen LogP contribution in [0.3, 0.4) is 0 Å². The van der Waals surface area contributed by atoms with Crippen LogP contribution in [0.1, 0.15) is 10.6 Å². The van der Waals surface area contributed by atoms with Crippen LogP contribution < -0.4 is 0 Å². The van der Waals surface area contributed by atoms with Crippen LogP contribution in [0.15, 0.2) is 45.5 Å². The highest BCUT2D eigenvalue weighted by Crippen LogP contribution is 2.39. The molecule has 4 heteroatoms. The minimum atomic E-state index is 0.983. The van der Waals surface area contributed by atoms with Crippen LogP contribution >= 0.6 is 27.3 Å². The molecule has 0 fully saturated rings. The fourth-order valence-electron chi connectivity index (χ4n) is 2.42. The maximum Gasteiger partial charge on any atom is 0.124 e. The first-order valence-corrected chi connectivity index (χ1v) is 7.74. The summed E-state index contributed by atoms with van der Waals surface area (Å²) in [5.41, 5.74) is 3.45. The number of rotatable bonds is 1. The summed E-state index contributed by atoms with van der Waals surface area (Å²) in [6, 6.07) is 10.3. The Morgan fingerprint density at radius 1 is 1.11 bits per heavy atom. The van der Waals surface area contributed by atoms with Gasteiger partial charge in [0.1, 0.15) is 10.8 Å². The maximum absolute atomic E-state index is 5.50. The number of thiazole rings is 1. The van der Waals surface area contributed by atoms with Crippen LogP contribution in [0.5, 0.6) is 0 Å². The molecule has 0 spiro atoms. The Morgan fingerprint density at radius 2 is 1.95 bits per heavy atom. The van der Waals surface area contributed by atoms with E-state index in [-0.39, 0.29) is 0 Å². The molecule has 1 aliphatic carbocycles. The number of furan rings is 1. The summed E-state index contributed by atoms with van der Waals surface area (Å²) in [5.74, 6) is 1.07. The van der Waals surface area contributed by atoms with Crippen molar-refractivity contribution in [2.24, 2.45) is 0 Å². The number of fused-ring (bicyclic) bond motifs is 3. The van der Waals surface area contributed by atoms with Gasteiger partial charge < -0.3 is 4.42 Å². The number of aromatic nitrogens is 1. The third-order valence-electron chi connectivity index (χ3n) is 3.37. The van der Waals surface area contributed by atoms with Gasteiger partial charge in [-0.25, -0.2) is 4.98 Å². The molecule has 0 bridgehead atoms. The number of hydrogen-bond donors (Lipinski definition) is 0. The Labute approximate surface area is 123 Å². The predicted octanol–water partition coefficient (Wildman–Crippen LogP) is 4.93. The van der Waals surface area contributed by atoms with Gasteiger partial charge in [-0.2, -0.15) is 0 Å². The molecule has 19 heavy (non-hydrogen) atoms. The SMILES string of the molecule is Brc1ccc(-c2nc3c(s2)CCc2occc2-3)cc1. The largest absolute Gasteiger partial charge is 0.469 e. The highest BCUT2D eigenvalue weighted by atomic mass is 79.9. The van der Waals surface area contributed by atoms with Crippen molar-refractivity contribution in [1.29, 1.82) is 0 Å². The van der Waals surface area contributed by atoms with Crippen molar-refractivity contribution in [2.45, 2.75) is 12.8 Å². The first-order chi connectivity index (χ1) is 9.31.